The highest BCUT2D eigenvalue weighted by Gasteiger charge is 2.35. The van der Waals surface area contributed by atoms with Gasteiger partial charge in [-0.25, -0.2) is 8.42 Å². The van der Waals surface area contributed by atoms with Crippen molar-refractivity contribution in [3.63, 3.8) is 0 Å². The van der Waals surface area contributed by atoms with Crippen molar-refractivity contribution in [3.8, 4) is 5.75 Å². The second-order valence-corrected chi connectivity index (χ2v) is 7.19. The summed E-state index contributed by atoms with van der Waals surface area (Å²) in [4.78, 5) is 0. The van der Waals surface area contributed by atoms with Gasteiger partial charge in [0.2, 0.25) is 0 Å². The summed E-state index contributed by atoms with van der Waals surface area (Å²) in [6, 6.07) is 1.71. The van der Waals surface area contributed by atoms with E-state index in [4.69, 9.17) is 4.74 Å². The third kappa shape index (κ3) is 5.11. The van der Waals surface area contributed by atoms with Gasteiger partial charge >= 0.3 is 6.18 Å². The zero-order valence-corrected chi connectivity index (χ0v) is 13.0. The molecule has 0 aliphatic heterocycles. The maximum absolute atomic E-state index is 13.0. The normalized spacial score (nSPS) is 13.9. The highest BCUT2D eigenvalue weighted by Crippen LogP contribution is 2.39. The number of aryl methyl sites for hydroxylation is 1. The molecule has 4 nitrogen and oxygen atoms in total. The average molecular weight is 325 g/mol. The van der Waals surface area contributed by atoms with E-state index in [2.05, 4.69) is 5.32 Å². The molecule has 8 heteroatoms. The Labute approximate surface area is 122 Å². The van der Waals surface area contributed by atoms with Gasteiger partial charge in [-0.05, 0) is 31.5 Å². The molecule has 21 heavy (non-hydrogen) atoms. The minimum absolute atomic E-state index is 0.167. The van der Waals surface area contributed by atoms with Crippen molar-refractivity contribution in [2.45, 2.75) is 26.1 Å². The van der Waals surface area contributed by atoms with Gasteiger partial charge in [0.15, 0.2) is 0 Å². The largest absolute Gasteiger partial charge is 0.496 e. The van der Waals surface area contributed by atoms with Gasteiger partial charge in [-0.2, -0.15) is 13.2 Å². The molecule has 1 N–H and O–H groups in total. The first-order valence-corrected chi connectivity index (χ1v) is 8.20. The summed E-state index contributed by atoms with van der Waals surface area (Å²) in [5.41, 5.74) is -0.121. The number of benzene rings is 1. The standard InChI is InChI=1S/C13H18F3NO3S/c1-8-5-12(20-3)10(13(14,15)16)6-11(8)17-9(2)7-21(4,18)19/h5-6,9,17H,7H2,1-4H3. The molecular formula is C13H18F3NO3S. The predicted octanol–water partition coefficient (Wildman–Crippen LogP) is 2.87. The van der Waals surface area contributed by atoms with Gasteiger partial charge in [0.1, 0.15) is 15.6 Å². The first-order valence-electron chi connectivity index (χ1n) is 6.14. The molecule has 1 aromatic rings. The van der Waals surface area contributed by atoms with Crippen molar-refractivity contribution in [1.82, 2.24) is 0 Å². The maximum Gasteiger partial charge on any atom is 0.420 e. The lowest BCUT2D eigenvalue weighted by molar-refractivity contribution is -0.138. The van der Waals surface area contributed by atoms with E-state index in [0.717, 1.165) is 12.3 Å². The zero-order chi connectivity index (χ0) is 16.4. The molecule has 0 radical (unpaired) electrons. The number of rotatable bonds is 5. The fraction of sp³-hybridized carbons (Fsp3) is 0.538. The first-order chi connectivity index (χ1) is 9.44. The second kappa shape index (κ2) is 6.13. The maximum atomic E-state index is 13.0. The van der Waals surface area contributed by atoms with Gasteiger partial charge in [-0.3, -0.25) is 0 Å². The molecule has 0 bridgehead atoms. The Kier molecular flexibility index (Phi) is 5.14. The van der Waals surface area contributed by atoms with Crippen molar-refractivity contribution in [2.24, 2.45) is 0 Å². The Morgan fingerprint density at radius 1 is 1.33 bits per heavy atom. The van der Waals surface area contributed by atoms with Crippen molar-refractivity contribution in [2.75, 3.05) is 24.4 Å². The Bertz CT molecular complexity index is 612. The molecule has 0 fully saturated rings. The smallest absolute Gasteiger partial charge is 0.420 e. The van der Waals surface area contributed by atoms with E-state index in [9.17, 15) is 21.6 Å². The molecule has 0 saturated heterocycles. The second-order valence-electron chi connectivity index (χ2n) is 5.00. The molecular weight excluding hydrogens is 307 g/mol. The van der Waals surface area contributed by atoms with Crippen LogP contribution in [0, 0.1) is 6.92 Å². The van der Waals surface area contributed by atoms with Crippen LogP contribution < -0.4 is 10.1 Å². The number of anilines is 1. The third-order valence-electron chi connectivity index (χ3n) is 2.81. The summed E-state index contributed by atoms with van der Waals surface area (Å²) in [6.07, 6.45) is -3.47. The molecule has 1 atom stereocenters. The van der Waals surface area contributed by atoms with Crippen LogP contribution in [-0.4, -0.2) is 33.6 Å². The van der Waals surface area contributed by atoms with Crippen LogP contribution in [0.25, 0.3) is 0 Å². The van der Waals surface area contributed by atoms with E-state index in [0.29, 0.717) is 5.56 Å². The molecule has 0 aliphatic rings. The Morgan fingerprint density at radius 2 is 1.90 bits per heavy atom. The number of hydrogen-bond acceptors (Lipinski definition) is 4. The van der Waals surface area contributed by atoms with Crippen LogP contribution in [0.1, 0.15) is 18.1 Å². The fourth-order valence-corrected chi connectivity index (χ4v) is 2.98. The van der Waals surface area contributed by atoms with Crippen LogP contribution in [0.3, 0.4) is 0 Å². The number of ether oxygens (including phenoxy) is 1. The van der Waals surface area contributed by atoms with Gasteiger partial charge < -0.3 is 10.1 Å². The van der Waals surface area contributed by atoms with Crippen LogP contribution in [-0.2, 0) is 16.0 Å². The molecule has 0 saturated carbocycles. The molecule has 0 amide bonds. The first kappa shape index (κ1) is 17.6. The van der Waals surface area contributed by atoms with Gasteiger partial charge in [-0.15, -0.1) is 0 Å². The van der Waals surface area contributed by atoms with E-state index in [1.165, 1.54) is 13.2 Å². The Morgan fingerprint density at radius 3 is 2.33 bits per heavy atom. The molecule has 0 spiro atoms. The summed E-state index contributed by atoms with van der Waals surface area (Å²) in [5.74, 6) is -0.430. The van der Waals surface area contributed by atoms with Crippen molar-refractivity contribution in [3.05, 3.63) is 23.3 Å². The molecule has 1 rings (SSSR count). The van der Waals surface area contributed by atoms with Gasteiger partial charge in [0, 0.05) is 18.0 Å². The van der Waals surface area contributed by atoms with E-state index in [1.807, 2.05) is 0 Å². The summed E-state index contributed by atoms with van der Waals surface area (Å²) in [5, 5.41) is 2.80. The number of alkyl halides is 3. The molecule has 1 aromatic carbocycles. The summed E-state index contributed by atoms with van der Waals surface area (Å²) < 4.78 is 66.0. The van der Waals surface area contributed by atoms with E-state index in [1.54, 1.807) is 13.8 Å². The van der Waals surface area contributed by atoms with Crippen molar-refractivity contribution < 1.29 is 26.3 Å². The molecule has 0 aliphatic carbocycles. The third-order valence-corrected chi connectivity index (χ3v) is 3.91. The summed E-state index contributed by atoms with van der Waals surface area (Å²) >= 11 is 0. The van der Waals surface area contributed by atoms with Gasteiger partial charge in [0.05, 0.1) is 18.4 Å². The number of nitrogens with one attached hydrogen (secondary N) is 1. The molecule has 1 unspecified atom stereocenters. The fourth-order valence-electron chi connectivity index (χ4n) is 1.99. The van der Waals surface area contributed by atoms with Gasteiger partial charge in [-0.1, -0.05) is 0 Å². The highest BCUT2D eigenvalue weighted by atomic mass is 32.2. The minimum atomic E-state index is -4.55. The number of hydrogen-bond donors (Lipinski definition) is 1. The van der Waals surface area contributed by atoms with Crippen LogP contribution >= 0.6 is 0 Å². The van der Waals surface area contributed by atoms with Crippen LogP contribution in [0.5, 0.6) is 5.75 Å². The van der Waals surface area contributed by atoms with E-state index >= 15 is 0 Å². The van der Waals surface area contributed by atoms with Crippen molar-refractivity contribution in [1.29, 1.82) is 0 Å². The summed E-state index contributed by atoms with van der Waals surface area (Å²) in [6.45, 7) is 3.22. The Hall–Kier alpha value is -1.44. The lowest BCUT2D eigenvalue weighted by Gasteiger charge is -2.20. The monoisotopic (exact) mass is 325 g/mol. The molecule has 120 valence electrons. The van der Waals surface area contributed by atoms with Crippen molar-refractivity contribution >= 4 is 15.5 Å². The lowest BCUT2D eigenvalue weighted by atomic mass is 10.1. The van der Waals surface area contributed by atoms with Crippen LogP contribution in [0.2, 0.25) is 0 Å². The summed E-state index contributed by atoms with van der Waals surface area (Å²) in [7, 11) is -2.05. The average Bonchev–Trinajstić information content (AvgIpc) is 2.27. The quantitative estimate of drug-likeness (QED) is 0.904. The van der Waals surface area contributed by atoms with Crippen LogP contribution in [0.15, 0.2) is 12.1 Å². The predicted molar refractivity (Wildman–Crippen MR) is 75.5 cm³/mol. The lowest BCUT2D eigenvalue weighted by Crippen LogP contribution is -2.25. The van der Waals surface area contributed by atoms with E-state index in [-0.39, 0.29) is 17.2 Å². The topological polar surface area (TPSA) is 55.4 Å². The number of halogens is 3. The Balaban J connectivity index is 3.14. The highest BCUT2D eigenvalue weighted by molar-refractivity contribution is 7.90. The van der Waals surface area contributed by atoms with Gasteiger partial charge in [0.25, 0.3) is 0 Å². The van der Waals surface area contributed by atoms with E-state index < -0.39 is 27.6 Å². The number of methoxy groups -OCH3 is 1. The van der Waals surface area contributed by atoms with Crippen LogP contribution in [0.4, 0.5) is 18.9 Å². The minimum Gasteiger partial charge on any atom is -0.496 e. The zero-order valence-electron chi connectivity index (χ0n) is 12.2. The molecule has 0 heterocycles. The molecule has 0 aromatic heterocycles. The number of sulfone groups is 1. The SMILES string of the molecule is COc1cc(C)c(NC(C)CS(C)(=O)=O)cc1C(F)(F)F.